The predicted octanol–water partition coefficient (Wildman–Crippen LogP) is 3.93. The molecule has 0 unspecified atom stereocenters. The SMILES string of the molecule is COc1ccc(C[C@H](Oc2ccc3ccccc3c2)C(=O)O)c(OC)c1. The van der Waals surface area contributed by atoms with E-state index in [1.807, 2.05) is 36.4 Å². The molecule has 5 heteroatoms. The van der Waals surface area contributed by atoms with Crippen molar-refractivity contribution < 1.29 is 24.1 Å². The van der Waals surface area contributed by atoms with Crippen molar-refractivity contribution in [3.8, 4) is 17.2 Å². The van der Waals surface area contributed by atoms with E-state index in [2.05, 4.69) is 0 Å². The number of carboxylic acid groups (broad SMARTS) is 1. The molecule has 3 aromatic rings. The summed E-state index contributed by atoms with van der Waals surface area (Å²) in [6, 6.07) is 18.7. The molecule has 0 aliphatic carbocycles. The van der Waals surface area contributed by atoms with Gasteiger partial charge in [0.25, 0.3) is 0 Å². The number of methoxy groups -OCH3 is 2. The third-order valence-corrected chi connectivity index (χ3v) is 4.17. The van der Waals surface area contributed by atoms with Gasteiger partial charge < -0.3 is 19.3 Å². The second-order valence-electron chi connectivity index (χ2n) is 5.84. The van der Waals surface area contributed by atoms with Gasteiger partial charge in [-0.3, -0.25) is 0 Å². The number of aliphatic carboxylic acids is 1. The van der Waals surface area contributed by atoms with Crippen LogP contribution in [0.4, 0.5) is 0 Å². The Kier molecular flexibility index (Phi) is 5.27. The zero-order chi connectivity index (χ0) is 18.5. The number of rotatable bonds is 7. The topological polar surface area (TPSA) is 65.0 Å². The molecule has 3 aromatic carbocycles. The molecule has 1 N–H and O–H groups in total. The minimum atomic E-state index is -1.03. The van der Waals surface area contributed by atoms with E-state index in [9.17, 15) is 9.90 Å². The van der Waals surface area contributed by atoms with Crippen molar-refractivity contribution in [2.45, 2.75) is 12.5 Å². The first-order chi connectivity index (χ1) is 12.6. The van der Waals surface area contributed by atoms with Gasteiger partial charge in [0.2, 0.25) is 0 Å². The molecule has 0 amide bonds. The van der Waals surface area contributed by atoms with Crippen LogP contribution >= 0.6 is 0 Å². The van der Waals surface area contributed by atoms with Gasteiger partial charge in [-0.25, -0.2) is 4.79 Å². The lowest BCUT2D eigenvalue weighted by molar-refractivity contribution is -0.145. The summed E-state index contributed by atoms with van der Waals surface area (Å²) in [6.07, 6.45) is -0.853. The summed E-state index contributed by atoms with van der Waals surface area (Å²) in [4.78, 5) is 11.7. The predicted molar refractivity (Wildman–Crippen MR) is 99.2 cm³/mol. The highest BCUT2D eigenvalue weighted by molar-refractivity contribution is 5.84. The first kappa shape index (κ1) is 17.6. The Morgan fingerprint density at radius 1 is 0.923 bits per heavy atom. The third-order valence-electron chi connectivity index (χ3n) is 4.17. The number of carboxylic acids is 1. The molecule has 0 aliphatic heterocycles. The van der Waals surface area contributed by atoms with Crippen LogP contribution in [-0.2, 0) is 11.2 Å². The largest absolute Gasteiger partial charge is 0.497 e. The van der Waals surface area contributed by atoms with Gasteiger partial charge in [-0.05, 0) is 34.5 Å². The molecule has 0 radical (unpaired) electrons. The standard InChI is InChI=1S/C21H20O5/c1-24-17-9-8-16(19(13-17)25-2)12-20(21(22)23)26-18-10-7-14-5-3-4-6-15(14)11-18/h3-11,13,20H,12H2,1-2H3,(H,22,23)/t20-/m0/s1. The fraction of sp³-hybridized carbons (Fsp3) is 0.190. The monoisotopic (exact) mass is 352 g/mol. The van der Waals surface area contributed by atoms with Crippen molar-refractivity contribution in [3.05, 3.63) is 66.2 Å². The average molecular weight is 352 g/mol. The van der Waals surface area contributed by atoms with Crippen molar-refractivity contribution >= 4 is 16.7 Å². The number of benzene rings is 3. The van der Waals surface area contributed by atoms with Gasteiger partial charge in [-0.1, -0.05) is 36.4 Å². The van der Waals surface area contributed by atoms with Crippen molar-refractivity contribution in [3.63, 3.8) is 0 Å². The maximum Gasteiger partial charge on any atom is 0.345 e. The van der Waals surface area contributed by atoms with E-state index >= 15 is 0 Å². The maximum absolute atomic E-state index is 11.7. The molecule has 0 aliphatic rings. The van der Waals surface area contributed by atoms with Gasteiger partial charge in [0.15, 0.2) is 6.10 Å². The first-order valence-electron chi connectivity index (χ1n) is 8.20. The van der Waals surface area contributed by atoms with E-state index in [4.69, 9.17) is 14.2 Å². The summed E-state index contributed by atoms with van der Waals surface area (Å²) in [5.74, 6) is 0.699. The molecule has 0 spiro atoms. The van der Waals surface area contributed by atoms with Crippen LogP contribution in [0.15, 0.2) is 60.7 Å². The van der Waals surface area contributed by atoms with Crippen molar-refractivity contribution in [2.24, 2.45) is 0 Å². The Bertz CT molecular complexity index is 919. The molecule has 0 saturated carbocycles. The van der Waals surface area contributed by atoms with Gasteiger partial charge in [-0.2, -0.15) is 0 Å². The van der Waals surface area contributed by atoms with Crippen LogP contribution in [0.5, 0.6) is 17.2 Å². The van der Waals surface area contributed by atoms with Crippen LogP contribution in [-0.4, -0.2) is 31.4 Å². The first-order valence-corrected chi connectivity index (χ1v) is 8.20. The summed E-state index contributed by atoms with van der Waals surface area (Å²) in [7, 11) is 3.11. The van der Waals surface area contributed by atoms with E-state index in [0.717, 1.165) is 16.3 Å². The normalized spacial score (nSPS) is 11.8. The fourth-order valence-electron chi connectivity index (χ4n) is 2.80. The van der Waals surface area contributed by atoms with Crippen molar-refractivity contribution in [2.75, 3.05) is 14.2 Å². The molecule has 0 heterocycles. The zero-order valence-corrected chi connectivity index (χ0v) is 14.6. The molecule has 0 aromatic heterocycles. The van der Waals surface area contributed by atoms with E-state index in [-0.39, 0.29) is 6.42 Å². The third kappa shape index (κ3) is 3.88. The maximum atomic E-state index is 11.7. The number of fused-ring (bicyclic) bond motifs is 1. The molecule has 3 rings (SSSR count). The quantitative estimate of drug-likeness (QED) is 0.698. The highest BCUT2D eigenvalue weighted by Crippen LogP contribution is 2.27. The lowest BCUT2D eigenvalue weighted by Gasteiger charge is -2.17. The fourth-order valence-corrected chi connectivity index (χ4v) is 2.80. The van der Waals surface area contributed by atoms with Crippen molar-refractivity contribution in [1.82, 2.24) is 0 Å². The lowest BCUT2D eigenvalue weighted by Crippen LogP contribution is -2.29. The van der Waals surface area contributed by atoms with Gasteiger partial charge in [0.1, 0.15) is 17.2 Å². The number of ether oxygens (including phenoxy) is 3. The number of hydrogen-bond donors (Lipinski definition) is 1. The molecule has 1 atom stereocenters. The highest BCUT2D eigenvalue weighted by Gasteiger charge is 2.22. The van der Waals surface area contributed by atoms with E-state index in [0.29, 0.717) is 17.2 Å². The van der Waals surface area contributed by atoms with Gasteiger partial charge in [0.05, 0.1) is 14.2 Å². The Labute approximate surface area is 151 Å². The van der Waals surface area contributed by atoms with Crippen LogP contribution in [0, 0.1) is 0 Å². The summed E-state index contributed by atoms with van der Waals surface area (Å²) in [6.45, 7) is 0. The molecule has 0 fully saturated rings. The number of hydrogen-bond acceptors (Lipinski definition) is 4. The van der Waals surface area contributed by atoms with Crippen LogP contribution in [0.3, 0.4) is 0 Å². The highest BCUT2D eigenvalue weighted by atomic mass is 16.5. The van der Waals surface area contributed by atoms with Crippen molar-refractivity contribution in [1.29, 1.82) is 0 Å². The second-order valence-corrected chi connectivity index (χ2v) is 5.84. The Morgan fingerprint density at radius 2 is 1.65 bits per heavy atom. The van der Waals surface area contributed by atoms with Gasteiger partial charge >= 0.3 is 5.97 Å². The summed E-state index contributed by atoms with van der Waals surface area (Å²) in [5, 5.41) is 11.7. The average Bonchev–Trinajstić information content (AvgIpc) is 2.67. The van der Waals surface area contributed by atoms with E-state index < -0.39 is 12.1 Å². The molecule has 0 bridgehead atoms. The van der Waals surface area contributed by atoms with E-state index in [1.54, 1.807) is 31.4 Å². The summed E-state index contributed by atoms with van der Waals surface area (Å²) >= 11 is 0. The molecular weight excluding hydrogens is 332 g/mol. The molecule has 0 saturated heterocycles. The number of carbonyl (C=O) groups is 1. The Hall–Kier alpha value is -3.21. The molecule has 5 nitrogen and oxygen atoms in total. The lowest BCUT2D eigenvalue weighted by atomic mass is 10.1. The summed E-state index contributed by atoms with van der Waals surface area (Å²) < 4.78 is 16.3. The van der Waals surface area contributed by atoms with E-state index in [1.165, 1.54) is 7.11 Å². The van der Waals surface area contributed by atoms with Gasteiger partial charge in [0, 0.05) is 12.5 Å². The Balaban J connectivity index is 1.84. The molecular formula is C21H20O5. The second kappa shape index (κ2) is 7.78. The van der Waals surface area contributed by atoms with Gasteiger partial charge in [-0.15, -0.1) is 0 Å². The van der Waals surface area contributed by atoms with Crippen LogP contribution in [0.25, 0.3) is 10.8 Å². The van der Waals surface area contributed by atoms with Crippen LogP contribution < -0.4 is 14.2 Å². The molecule has 26 heavy (non-hydrogen) atoms. The zero-order valence-electron chi connectivity index (χ0n) is 14.6. The van der Waals surface area contributed by atoms with Crippen LogP contribution in [0.2, 0.25) is 0 Å². The van der Waals surface area contributed by atoms with Crippen LogP contribution in [0.1, 0.15) is 5.56 Å². The molecule has 134 valence electrons. The summed E-state index contributed by atoms with van der Waals surface area (Å²) in [5.41, 5.74) is 0.737. The smallest absolute Gasteiger partial charge is 0.345 e. The minimum absolute atomic E-state index is 0.176. The Morgan fingerprint density at radius 3 is 2.35 bits per heavy atom. The minimum Gasteiger partial charge on any atom is -0.497 e.